The molecule has 0 bridgehead atoms. The number of aliphatic carboxylic acids is 1. The molecule has 2 aromatic carbocycles. The summed E-state index contributed by atoms with van der Waals surface area (Å²) in [5.74, 6) is -0.599. The fraction of sp³-hybridized carbons (Fsp3) is 0.360. The molecule has 0 spiro atoms. The van der Waals surface area contributed by atoms with Gasteiger partial charge in [-0.1, -0.05) is 24.3 Å². The second kappa shape index (κ2) is 14.3. The number of Topliss-reactive ketones (excluding diaryl/α,β-unsaturated/α-hetero) is 1. The first-order valence-corrected chi connectivity index (χ1v) is 11.4. The molecule has 11 nitrogen and oxygen atoms in total. The number of carbonyl (C=O) groups excluding carboxylic acids is 3. The number of carbonyl (C=O) groups is 4. The van der Waals surface area contributed by atoms with Crippen LogP contribution in [0.4, 0.5) is 21.0 Å². The molecule has 5 N–H and O–H groups in total. The topological polar surface area (TPSA) is 149 Å². The van der Waals surface area contributed by atoms with Gasteiger partial charge in [0.25, 0.3) is 0 Å². The Hall–Kier alpha value is -4.12. The second-order valence-electron chi connectivity index (χ2n) is 8.12. The minimum Gasteiger partial charge on any atom is -0.495 e. The molecule has 0 atom stereocenters. The van der Waals surface area contributed by atoms with Gasteiger partial charge in [-0.2, -0.15) is 0 Å². The van der Waals surface area contributed by atoms with E-state index in [-0.39, 0.29) is 37.7 Å². The van der Waals surface area contributed by atoms with Crippen LogP contribution in [0.2, 0.25) is 0 Å². The van der Waals surface area contributed by atoms with E-state index in [1.165, 1.54) is 12.0 Å². The molecule has 0 aliphatic rings. The molecule has 4 amide bonds. The molecule has 0 radical (unpaired) electrons. The average Bonchev–Trinajstić information content (AvgIpc) is 2.83. The van der Waals surface area contributed by atoms with Crippen molar-refractivity contribution in [3.05, 3.63) is 53.6 Å². The van der Waals surface area contributed by atoms with E-state index < -0.39 is 12.0 Å². The summed E-state index contributed by atoms with van der Waals surface area (Å²) in [6.45, 7) is 2.83. The fourth-order valence-corrected chi connectivity index (χ4v) is 3.22. The monoisotopic (exact) mass is 499 g/mol. The predicted octanol–water partition coefficient (Wildman–Crippen LogP) is 2.46. The summed E-state index contributed by atoms with van der Waals surface area (Å²) in [4.78, 5) is 48.5. The zero-order valence-corrected chi connectivity index (χ0v) is 20.7. The number of hydrogen-bond acceptors (Lipinski definition) is 6. The molecule has 0 unspecified atom stereocenters. The lowest BCUT2D eigenvalue weighted by Gasteiger charge is -2.18. The van der Waals surface area contributed by atoms with Gasteiger partial charge in [-0.25, -0.2) is 9.59 Å². The maximum atomic E-state index is 12.4. The number of urea groups is 2. The van der Waals surface area contributed by atoms with Gasteiger partial charge in [-0.15, -0.1) is 0 Å². The third kappa shape index (κ3) is 9.63. The Morgan fingerprint density at radius 2 is 1.72 bits per heavy atom. The number of ether oxygens (including phenoxy) is 1. The molecule has 0 aromatic heterocycles. The highest BCUT2D eigenvalue weighted by Gasteiger charge is 2.12. The van der Waals surface area contributed by atoms with Crippen LogP contribution >= 0.6 is 0 Å². The normalized spacial score (nSPS) is 10.3. The van der Waals surface area contributed by atoms with Crippen LogP contribution in [0.5, 0.6) is 5.75 Å². The highest BCUT2D eigenvalue weighted by molar-refractivity contribution is 6.01. The molecular formula is C25H33N5O6. The van der Waals surface area contributed by atoms with E-state index in [0.717, 1.165) is 11.1 Å². The summed E-state index contributed by atoms with van der Waals surface area (Å²) < 4.78 is 5.39. The van der Waals surface area contributed by atoms with Crippen molar-refractivity contribution in [2.45, 2.75) is 19.8 Å². The lowest BCUT2D eigenvalue weighted by Crippen LogP contribution is -2.42. The molecule has 2 aromatic rings. The lowest BCUT2D eigenvalue weighted by molar-refractivity contribution is -0.136. The number of nitrogens with one attached hydrogen (secondary N) is 4. The van der Waals surface area contributed by atoms with E-state index in [2.05, 4.69) is 21.3 Å². The predicted molar refractivity (Wildman–Crippen MR) is 137 cm³/mol. The summed E-state index contributed by atoms with van der Waals surface area (Å²) in [5.41, 5.74) is 2.85. The Kier molecular flexibility index (Phi) is 11.2. The number of ketones is 1. The van der Waals surface area contributed by atoms with Crippen LogP contribution < -0.4 is 26.0 Å². The van der Waals surface area contributed by atoms with Crippen LogP contribution in [0.15, 0.2) is 42.5 Å². The van der Waals surface area contributed by atoms with Crippen LogP contribution in [0.25, 0.3) is 0 Å². The molecule has 0 saturated carbocycles. The van der Waals surface area contributed by atoms with Gasteiger partial charge >= 0.3 is 18.0 Å². The number of para-hydroxylation sites is 1. The molecule has 0 fully saturated rings. The molecule has 194 valence electrons. The number of amides is 4. The van der Waals surface area contributed by atoms with Gasteiger partial charge < -0.3 is 36.0 Å². The first-order chi connectivity index (χ1) is 17.2. The summed E-state index contributed by atoms with van der Waals surface area (Å²) in [6.07, 6.45) is 0.0271. The van der Waals surface area contributed by atoms with Crippen LogP contribution in [0.3, 0.4) is 0 Å². The number of carboxylic acids is 1. The van der Waals surface area contributed by atoms with Crippen molar-refractivity contribution in [2.75, 3.05) is 51.0 Å². The summed E-state index contributed by atoms with van der Waals surface area (Å²) in [6, 6.07) is 11.8. The van der Waals surface area contributed by atoms with Crippen LogP contribution in [0, 0.1) is 6.92 Å². The standard InChI is InChI=1S/C25H33N5O6/c1-17-6-4-5-7-20(17)28-24(34)29-21-9-8-18(15-22(21)36-3)14-19(31)16-26-12-13-30(2)25(35)27-11-10-23(32)33/h4-9,15,26H,10-14,16H2,1-3H3,(H,27,35)(H,32,33)(H2,28,29,34). The number of hydrogen-bond donors (Lipinski definition) is 5. The van der Waals surface area contributed by atoms with Crippen LogP contribution in [-0.2, 0) is 16.0 Å². The van der Waals surface area contributed by atoms with Gasteiger partial charge in [0.2, 0.25) is 0 Å². The first-order valence-electron chi connectivity index (χ1n) is 11.4. The van der Waals surface area contributed by atoms with E-state index in [1.807, 2.05) is 31.2 Å². The maximum absolute atomic E-state index is 12.4. The van der Waals surface area contributed by atoms with Crippen molar-refractivity contribution in [3.63, 3.8) is 0 Å². The van der Waals surface area contributed by atoms with E-state index in [9.17, 15) is 19.2 Å². The molecule has 0 heterocycles. The van der Waals surface area contributed by atoms with Crippen molar-refractivity contribution in [1.82, 2.24) is 15.5 Å². The van der Waals surface area contributed by atoms with Gasteiger partial charge in [-0.05, 0) is 36.2 Å². The maximum Gasteiger partial charge on any atom is 0.323 e. The number of carboxylic acid groups (broad SMARTS) is 1. The number of aryl methyl sites for hydroxylation is 1. The third-order valence-corrected chi connectivity index (χ3v) is 5.22. The number of anilines is 2. The second-order valence-corrected chi connectivity index (χ2v) is 8.12. The highest BCUT2D eigenvalue weighted by Crippen LogP contribution is 2.26. The lowest BCUT2D eigenvalue weighted by atomic mass is 10.1. The number of likely N-dealkylation sites (N-methyl/N-ethyl adjacent to an activating group) is 1. The summed E-state index contributed by atoms with van der Waals surface area (Å²) >= 11 is 0. The van der Waals surface area contributed by atoms with Crippen molar-refractivity contribution < 1.29 is 29.0 Å². The smallest absolute Gasteiger partial charge is 0.323 e. The number of methoxy groups -OCH3 is 1. The Morgan fingerprint density at radius 3 is 2.42 bits per heavy atom. The largest absolute Gasteiger partial charge is 0.495 e. The molecule has 2 rings (SSSR count). The Balaban J connectivity index is 1.78. The number of nitrogens with zero attached hydrogens (tertiary/aromatic N) is 1. The van der Waals surface area contributed by atoms with Crippen molar-refractivity contribution in [3.8, 4) is 5.75 Å². The Morgan fingerprint density at radius 1 is 1.00 bits per heavy atom. The van der Waals surface area contributed by atoms with Gasteiger partial charge in [-0.3, -0.25) is 9.59 Å². The van der Waals surface area contributed by atoms with Gasteiger partial charge in [0.05, 0.1) is 25.8 Å². The first kappa shape index (κ1) is 28.1. The van der Waals surface area contributed by atoms with Gasteiger partial charge in [0.1, 0.15) is 5.75 Å². The zero-order valence-electron chi connectivity index (χ0n) is 20.7. The van der Waals surface area contributed by atoms with E-state index in [4.69, 9.17) is 9.84 Å². The van der Waals surface area contributed by atoms with Crippen molar-refractivity contribution in [1.29, 1.82) is 0 Å². The summed E-state index contributed by atoms with van der Waals surface area (Å²) in [5, 5.41) is 19.7. The molecule has 36 heavy (non-hydrogen) atoms. The molecule has 0 saturated heterocycles. The fourth-order valence-electron chi connectivity index (χ4n) is 3.22. The van der Waals surface area contributed by atoms with E-state index in [0.29, 0.717) is 30.2 Å². The third-order valence-electron chi connectivity index (χ3n) is 5.22. The Labute approximate surface area is 210 Å². The minimum absolute atomic E-state index is 0.0522. The summed E-state index contributed by atoms with van der Waals surface area (Å²) in [7, 11) is 3.07. The quantitative estimate of drug-likeness (QED) is 0.266. The van der Waals surface area contributed by atoms with Crippen LogP contribution in [0.1, 0.15) is 17.5 Å². The zero-order chi connectivity index (χ0) is 26.5. The highest BCUT2D eigenvalue weighted by atomic mass is 16.5. The van der Waals surface area contributed by atoms with E-state index in [1.54, 1.807) is 25.2 Å². The van der Waals surface area contributed by atoms with Gasteiger partial charge in [0, 0.05) is 38.8 Å². The average molecular weight is 500 g/mol. The molecule has 0 aliphatic heterocycles. The number of benzene rings is 2. The van der Waals surface area contributed by atoms with Gasteiger partial charge in [0.15, 0.2) is 5.78 Å². The Bertz CT molecular complexity index is 1070. The minimum atomic E-state index is -0.981. The van der Waals surface area contributed by atoms with Crippen molar-refractivity contribution >= 4 is 35.2 Å². The number of rotatable bonds is 13. The SMILES string of the molecule is COc1cc(CC(=O)CNCCN(C)C(=O)NCCC(=O)O)ccc1NC(=O)Nc1ccccc1C. The van der Waals surface area contributed by atoms with E-state index >= 15 is 0 Å². The molecule has 11 heteroatoms. The molecular weight excluding hydrogens is 466 g/mol. The van der Waals surface area contributed by atoms with Crippen molar-refractivity contribution in [2.24, 2.45) is 0 Å². The molecule has 0 aliphatic carbocycles. The van der Waals surface area contributed by atoms with Crippen LogP contribution in [-0.4, -0.2) is 74.2 Å².